The van der Waals surface area contributed by atoms with E-state index in [0.29, 0.717) is 32.7 Å². The van der Waals surface area contributed by atoms with E-state index in [9.17, 15) is 18.4 Å². The highest BCUT2D eigenvalue weighted by Gasteiger charge is 2.28. The third-order valence-corrected chi connectivity index (χ3v) is 5.88. The summed E-state index contributed by atoms with van der Waals surface area (Å²) in [4.78, 5) is 30.2. The number of carbonyl (C=O) groups excluding carboxylic acids is 2. The summed E-state index contributed by atoms with van der Waals surface area (Å²) in [6, 6.07) is 12.7. The minimum Gasteiger partial charge on any atom is -0.355 e. The van der Waals surface area contributed by atoms with Gasteiger partial charge in [0.25, 0.3) is 0 Å². The number of benzene rings is 2. The van der Waals surface area contributed by atoms with Gasteiger partial charge in [-0.2, -0.15) is 0 Å². The van der Waals surface area contributed by atoms with Crippen LogP contribution in [0.2, 0.25) is 0 Å². The summed E-state index contributed by atoms with van der Waals surface area (Å²) in [5, 5.41) is 2.78. The van der Waals surface area contributed by atoms with Crippen LogP contribution in [0.5, 0.6) is 0 Å². The molecule has 6 nitrogen and oxygen atoms in total. The molecule has 0 aromatic heterocycles. The zero-order valence-corrected chi connectivity index (χ0v) is 19.3. The highest BCUT2D eigenvalue weighted by molar-refractivity contribution is 5.85. The minimum absolute atomic E-state index is 0.0516. The summed E-state index contributed by atoms with van der Waals surface area (Å²) in [6.45, 7) is 5.65. The van der Waals surface area contributed by atoms with Crippen molar-refractivity contribution in [3.8, 4) is 0 Å². The number of nitrogens with zero attached hydrogens (tertiary/aromatic N) is 3. The van der Waals surface area contributed by atoms with Gasteiger partial charge in [-0.25, -0.2) is 8.78 Å². The Morgan fingerprint density at radius 2 is 1.45 bits per heavy atom. The molecule has 2 amide bonds. The fourth-order valence-corrected chi connectivity index (χ4v) is 4.02. The molecule has 33 heavy (non-hydrogen) atoms. The highest BCUT2D eigenvalue weighted by Crippen LogP contribution is 2.30. The van der Waals surface area contributed by atoms with Crippen LogP contribution in [0.1, 0.15) is 30.5 Å². The van der Waals surface area contributed by atoms with E-state index in [4.69, 9.17) is 0 Å². The fourth-order valence-electron chi connectivity index (χ4n) is 4.02. The summed E-state index contributed by atoms with van der Waals surface area (Å²) < 4.78 is 27.0. The van der Waals surface area contributed by atoms with Gasteiger partial charge in [0, 0.05) is 39.8 Å². The maximum atomic E-state index is 13.5. The van der Waals surface area contributed by atoms with Crippen LogP contribution < -0.4 is 5.32 Å². The molecule has 0 unspecified atom stereocenters. The summed E-state index contributed by atoms with van der Waals surface area (Å²) in [7, 11) is 1.64. The summed E-state index contributed by atoms with van der Waals surface area (Å²) in [5.41, 5.74) is 1.87. The molecule has 0 bridgehead atoms. The maximum absolute atomic E-state index is 13.5. The highest BCUT2D eigenvalue weighted by atomic mass is 19.1. The van der Waals surface area contributed by atoms with Gasteiger partial charge in [-0.1, -0.05) is 31.2 Å². The van der Waals surface area contributed by atoms with Gasteiger partial charge in [-0.15, -0.1) is 0 Å². The molecule has 0 aliphatic carbocycles. The minimum atomic E-state index is -0.299. The molecule has 1 fully saturated rings. The third kappa shape index (κ3) is 7.07. The molecule has 1 aliphatic heterocycles. The van der Waals surface area contributed by atoms with Crippen LogP contribution in [-0.2, 0) is 9.59 Å². The number of rotatable bonds is 9. The quantitative estimate of drug-likeness (QED) is 0.628. The Hall–Kier alpha value is -2.84. The molecule has 2 aromatic rings. The van der Waals surface area contributed by atoms with Crippen LogP contribution in [0.25, 0.3) is 0 Å². The van der Waals surface area contributed by atoms with Gasteiger partial charge >= 0.3 is 0 Å². The van der Waals surface area contributed by atoms with Gasteiger partial charge in [0.2, 0.25) is 11.8 Å². The maximum Gasteiger partial charge on any atom is 0.239 e. The molecule has 0 saturated carbocycles. The average Bonchev–Trinajstić information content (AvgIpc) is 2.81. The lowest BCUT2D eigenvalue weighted by Crippen LogP contribution is -2.51. The smallest absolute Gasteiger partial charge is 0.239 e. The molecule has 1 aliphatic rings. The van der Waals surface area contributed by atoms with Crippen LogP contribution >= 0.6 is 0 Å². The van der Waals surface area contributed by atoms with E-state index in [1.54, 1.807) is 31.3 Å². The zero-order chi connectivity index (χ0) is 23.8. The Morgan fingerprint density at radius 1 is 0.939 bits per heavy atom. The predicted octanol–water partition coefficient (Wildman–Crippen LogP) is 2.66. The monoisotopic (exact) mass is 458 g/mol. The molecule has 8 heteroatoms. The van der Waals surface area contributed by atoms with Crippen molar-refractivity contribution >= 4 is 11.8 Å². The normalized spacial score (nSPS) is 14.9. The third-order valence-electron chi connectivity index (χ3n) is 5.88. The number of carbonyl (C=O) groups is 2. The number of nitrogens with one attached hydrogen (secondary N) is 1. The molecular weight excluding hydrogens is 426 g/mol. The van der Waals surface area contributed by atoms with Gasteiger partial charge in [0.15, 0.2) is 0 Å². The van der Waals surface area contributed by atoms with E-state index < -0.39 is 0 Å². The molecule has 3 rings (SSSR count). The molecular formula is C25H32F2N4O2. The van der Waals surface area contributed by atoms with Crippen molar-refractivity contribution in [1.82, 2.24) is 20.0 Å². The Kier molecular flexibility index (Phi) is 8.91. The summed E-state index contributed by atoms with van der Waals surface area (Å²) >= 11 is 0. The molecule has 0 spiro atoms. The SMILES string of the molecule is CCCNC(=O)CN(C)C(=O)CN1CCN(C(c2ccc(F)cc2)c2ccc(F)cc2)CC1. The number of amides is 2. The van der Waals surface area contributed by atoms with Crippen molar-refractivity contribution in [3.05, 3.63) is 71.3 Å². The average molecular weight is 459 g/mol. The van der Waals surface area contributed by atoms with E-state index in [-0.39, 0.29) is 42.6 Å². The molecule has 1 N–H and O–H groups in total. The van der Waals surface area contributed by atoms with Crippen molar-refractivity contribution in [2.24, 2.45) is 0 Å². The van der Waals surface area contributed by atoms with Gasteiger partial charge < -0.3 is 10.2 Å². The summed E-state index contributed by atoms with van der Waals surface area (Å²) in [5.74, 6) is -0.845. The van der Waals surface area contributed by atoms with Crippen molar-refractivity contribution < 1.29 is 18.4 Å². The van der Waals surface area contributed by atoms with Crippen LogP contribution in [0.3, 0.4) is 0 Å². The van der Waals surface area contributed by atoms with Gasteiger partial charge in [0.1, 0.15) is 11.6 Å². The van der Waals surface area contributed by atoms with E-state index in [1.807, 2.05) is 6.92 Å². The lowest BCUT2D eigenvalue weighted by atomic mass is 9.96. The molecule has 2 aromatic carbocycles. The number of hydrogen-bond acceptors (Lipinski definition) is 4. The zero-order valence-electron chi connectivity index (χ0n) is 19.3. The topological polar surface area (TPSA) is 55.9 Å². The number of piperazine rings is 1. The number of halogens is 2. The fraction of sp³-hybridized carbons (Fsp3) is 0.440. The van der Waals surface area contributed by atoms with Crippen LogP contribution in [0, 0.1) is 11.6 Å². The first kappa shape index (κ1) is 24.8. The van der Waals surface area contributed by atoms with Crippen molar-refractivity contribution in [2.45, 2.75) is 19.4 Å². The number of hydrogen-bond donors (Lipinski definition) is 1. The number of likely N-dealkylation sites (N-methyl/N-ethyl adjacent to an activating group) is 1. The van der Waals surface area contributed by atoms with E-state index in [1.165, 1.54) is 29.2 Å². The largest absolute Gasteiger partial charge is 0.355 e. The van der Waals surface area contributed by atoms with E-state index in [2.05, 4.69) is 15.1 Å². The second-order valence-corrected chi connectivity index (χ2v) is 8.42. The van der Waals surface area contributed by atoms with Crippen molar-refractivity contribution in [1.29, 1.82) is 0 Å². The first-order valence-corrected chi connectivity index (χ1v) is 11.4. The molecule has 1 heterocycles. The van der Waals surface area contributed by atoms with Gasteiger partial charge in [0.05, 0.1) is 19.1 Å². The van der Waals surface area contributed by atoms with Crippen molar-refractivity contribution in [2.75, 3.05) is 52.9 Å². The Balaban J connectivity index is 1.61. The Morgan fingerprint density at radius 3 is 1.94 bits per heavy atom. The predicted molar refractivity (Wildman–Crippen MR) is 124 cm³/mol. The first-order chi connectivity index (χ1) is 15.9. The van der Waals surface area contributed by atoms with Crippen LogP contribution in [-0.4, -0.2) is 79.4 Å². The molecule has 0 atom stereocenters. The van der Waals surface area contributed by atoms with Gasteiger partial charge in [-0.05, 0) is 41.8 Å². The van der Waals surface area contributed by atoms with E-state index in [0.717, 1.165) is 17.5 Å². The Labute approximate surface area is 194 Å². The molecule has 0 radical (unpaired) electrons. The molecule has 178 valence electrons. The molecule has 1 saturated heterocycles. The summed E-state index contributed by atoms with van der Waals surface area (Å²) in [6.07, 6.45) is 0.852. The second kappa shape index (κ2) is 11.9. The first-order valence-electron chi connectivity index (χ1n) is 11.4. The lowest BCUT2D eigenvalue weighted by molar-refractivity contribution is -0.136. The lowest BCUT2D eigenvalue weighted by Gasteiger charge is -2.39. The standard InChI is InChI=1S/C25H32F2N4O2/c1-3-12-28-23(32)17-29(2)24(33)18-30-13-15-31(16-14-30)25(19-4-8-21(26)9-5-19)20-6-10-22(27)11-7-20/h4-11,25H,3,12-18H2,1-2H3,(H,28,32). The second-order valence-electron chi connectivity index (χ2n) is 8.42. The van der Waals surface area contributed by atoms with Crippen molar-refractivity contribution in [3.63, 3.8) is 0 Å². The van der Waals surface area contributed by atoms with E-state index >= 15 is 0 Å². The van der Waals surface area contributed by atoms with Crippen LogP contribution in [0.4, 0.5) is 8.78 Å². The van der Waals surface area contributed by atoms with Gasteiger partial charge in [-0.3, -0.25) is 19.4 Å². The Bertz CT molecular complexity index is 868. The van der Waals surface area contributed by atoms with Crippen LogP contribution in [0.15, 0.2) is 48.5 Å².